The minimum Gasteiger partial charge on any atom is -0.479 e. The second-order valence-electron chi connectivity index (χ2n) is 7.42. The summed E-state index contributed by atoms with van der Waals surface area (Å²) in [5.41, 5.74) is 7.19. The first-order valence-electron chi connectivity index (χ1n) is 10.1. The summed E-state index contributed by atoms with van der Waals surface area (Å²) in [6, 6.07) is 11.6. The molecule has 37 heavy (non-hydrogen) atoms. The molecule has 0 amide bonds. The van der Waals surface area contributed by atoms with Crippen molar-refractivity contribution in [3.8, 4) is 23.3 Å². The van der Waals surface area contributed by atoms with E-state index in [1.54, 1.807) is 24.3 Å². The minimum absolute atomic E-state index is 0.0495. The number of hydrogen-bond donors (Lipinski definition) is 1. The molecule has 0 aliphatic carbocycles. The Morgan fingerprint density at radius 3 is 2.14 bits per heavy atom. The molecule has 0 saturated carbocycles. The highest BCUT2D eigenvalue weighted by molar-refractivity contribution is 6.55. The number of fused-ring (bicyclic) bond motifs is 1. The van der Waals surface area contributed by atoms with Gasteiger partial charge in [-0.25, -0.2) is 4.79 Å². The zero-order chi connectivity index (χ0) is 27.0. The number of carbonyl (C=O) groups excluding carboxylic acids is 1. The molecule has 13 heteroatoms. The van der Waals surface area contributed by atoms with Crippen molar-refractivity contribution in [2.24, 2.45) is 5.73 Å². The number of carbonyl (C=O) groups is 1. The van der Waals surface area contributed by atoms with Gasteiger partial charge >= 0.3 is 5.97 Å². The van der Waals surface area contributed by atoms with Crippen LogP contribution in [-0.4, -0.2) is 12.6 Å². The number of halogens is 7. The van der Waals surface area contributed by atoms with Gasteiger partial charge in [0.1, 0.15) is 33.2 Å². The predicted molar refractivity (Wildman–Crippen MR) is 145 cm³/mol. The van der Waals surface area contributed by atoms with Gasteiger partial charge in [-0.2, -0.15) is 5.26 Å². The highest BCUT2D eigenvalue weighted by Crippen LogP contribution is 2.49. The van der Waals surface area contributed by atoms with Crippen molar-refractivity contribution in [1.29, 1.82) is 5.26 Å². The van der Waals surface area contributed by atoms with Gasteiger partial charge in [0.2, 0.25) is 5.88 Å². The maximum absolute atomic E-state index is 12.5. The molecule has 1 aliphatic heterocycles. The molecular formula is C24H11Cl7N2O4. The Hall–Kier alpha value is -2.21. The van der Waals surface area contributed by atoms with Crippen LogP contribution in [0.2, 0.25) is 35.2 Å². The molecule has 0 spiro atoms. The molecule has 4 rings (SSSR count). The molecule has 1 atom stereocenters. The Labute approximate surface area is 245 Å². The van der Waals surface area contributed by atoms with Gasteiger partial charge in [0, 0.05) is 27.2 Å². The molecule has 190 valence electrons. The lowest BCUT2D eigenvalue weighted by Gasteiger charge is -2.27. The van der Waals surface area contributed by atoms with Crippen LogP contribution in [0.1, 0.15) is 17.0 Å². The molecule has 0 radical (unpaired) electrons. The van der Waals surface area contributed by atoms with E-state index in [1.807, 2.05) is 0 Å². The first-order chi connectivity index (χ1) is 17.5. The van der Waals surface area contributed by atoms with Crippen molar-refractivity contribution in [2.45, 2.75) is 5.92 Å². The van der Waals surface area contributed by atoms with Crippen LogP contribution in [0, 0.1) is 11.3 Å². The zero-order valence-electron chi connectivity index (χ0n) is 18.1. The topological polar surface area (TPSA) is 94.6 Å². The van der Waals surface area contributed by atoms with Gasteiger partial charge in [-0.1, -0.05) is 93.3 Å². The lowest BCUT2D eigenvalue weighted by atomic mass is 9.83. The summed E-state index contributed by atoms with van der Waals surface area (Å²) in [6.07, 6.45) is 0. The average molecular weight is 640 g/mol. The van der Waals surface area contributed by atoms with Crippen LogP contribution in [0.15, 0.2) is 47.9 Å². The fraction of sp³-hybridized carbons (Fsp3) is 0.0833. The summed E-state index contributed by atoms with van der Waals surface area (Å²) in [7, 11) is 0. The number of benzene rings is 3. The Bertz CT molecular complexity index is 1470. The summed E-state index contributed by atoms with van der Waals surface area (Å²) in [4.78, 5) is 12.5. The first-order valence-corrected chi connectivity index (χ1v) is 12.7. The van der Waals surface area contributed by atoms with Crippen molar-refractivity contribution >= 4 is 87.2 Å². The number of nitriles is 1. The Balaban J connectivity index is 1.59. The zero-order valence-corrected chi connectivity index (χ0v) is 23.3. The fourth-order valence-electron chi connectivity index (χ4n) is 3.59. The number of ether oxygens (including phenoxy) is 3. The molecule has 3 aromatic rings. The van der Waals surface area contributed by atoms with Crippen molar-refractivity contribution in [3.63, 3.8) is 0 Å². The summed E-state index contributed by atoms with van der Waals surface area (Å²) >= 11 is 43.0. The quantitative estimate of drug-likeness (QED) is 0.130. The predicted octanol–water partition coefficient (Wildman–Crippen LogP) is 8.46. The van der Waals surface area contributed by atoms with Crippen molar-refractivity contribution < 1.29 is 19.0 Å². The van der Waals surface area contributed by atoms with Crippen LogP contribution in [-0.2, 0) is 4.79 Å². The number of esters is 1. The van der Waals surface area contributed by atoms with Crippen LogP contribution >= 0.6 is 81.2 Å². The highest BCUT2D eigenvalue weighted by Gasteiger charge is 2.33. The molecule has 0 aromatic heterocycles. The number of nitrogens with two attached hydrogens (primary N) is 1. The monoisotopic (exact) mass is 636 g/mol. The van der Waals surface area contributed by atoms with Gasteiger partial charge < -0.3 is 19.9 Å². The van der Waals surface area contributed by atoms with Crippen LogP contribution in [0.5, 0.6) is 17.2 Å². The van der Waals surface area contributed by atoms with Crippen LogP contribution in [0.3, 0.4) is 0 Å². The molecule has 6 nitrogen and oxygen atoms in total. The summed E-state index contributed by atoms with van der Waals surface area (Å²) in [6.45, 7) is -0.593. The van der Waals surface area contributed by atoms with E-state index in [0.717, 1.165) is 0 Å². The molecule has 3 aromatic carbocycles. The molecule has 1 aliphatic rings. The van der Waals surface area contributed by atoms with E-state index in [4.69, 9.17) is 101 Å². The number of hydrogen-bond acceptors (Lipinski definition) is 6. The van der Waals surface area contributed by atoms with E-state index in [9.17, 15) is 10.1 Å². The van der Waals surface area contributed by atoms with Crippen LogP contribution < -0.4 is 19.9 Å². The van der Waals surface area contributed by atoms with Crippen molar-refractivity contribution in [1.82, 2.24) is 0 Å². The second kappa shape index (κ2) is 11.3. The lowest BCUT2D eigenvalue weighted by Crippen LogP contribution is -2.22. The number of allylic oxidation sites excluding steroid dienone is 1. The van der Waals surface area contributed by atoms with E-state index in [1.165, 1.54) is 12.1 Å². The van der Waals surface area contributed by atoms with E-state index >= 15 is 0 Å². The SMILES string of the molecule is N#CC1=C(N)Oc2cc(OC(=O)COc3c(Cl)c(Cl)c(Cl)c(Cl)c3Cl)ccc2C1c1c(Cl)cccc1Cl. The summed E-state index contributed by atoms with van der Waals surface area (Å²) in [5.74, 6) is -1.43. The van der Waals surface area contributed by atoms with E-state index < -0.39 is 18.5 Å². The first kappa shape index (κ1) is 27.8. The van der Waals surface area contributed by atoms with E-state index in [2.05, 4.69) is 6.07 Å². The van der Waals surface area contributed by atoms with Crippen molar-refractivity contribution in [2.75, 3.05) is 6.61 Å². The molecule has 0 fully saturated rings. The Morgan fingerprint density at radius 1 is 0.946 bits per heavy atom. The van der Waals surface area contributed by atoms with Gasteiger partial charge in [0.05, 0.1) is 21.0 Å². The van der Waals surface area contributed by atoms with Crippen molar-refractivity contribution in [3.05, 3.63) is 94.1 Å². The van der Waals surface area contributed by atoms with Gasteiger partial charge in [-0.05, 0) is 18.2 Å². The maximum atomic E-state index is 12.5. The van der Waals surface area contributed by atoms with Crippen LogP contribution in [0.4, 0.5) is 0 Å². The maximum Gasteiger partial charge on any atom is 0.349 e. The van der Waals surface area contributed by atoms with E-state index in [0.29, 0.717) is 21.2 Å². The van der Waals surface area contributed by atoms with Crippen LogP contribution in [0.25, 0.3) is 0 Å². The molecule has 1 unspecified atom stereocenters. The number of nitrogens with zero attached hydrogens (tertiary/aromatic N) is 1. The van der Waals surface area contributed by atoms with Gasteiger partial charge in [-0.15, -0.1) is 0 Å². The minimum atomic E-state index is -0.808. The average Bonchev–Trinajstić information content (AvgIpc) is 2.86. The highest BCUT2D eigenvalue weighted by atomic mass is 35.5. The summed E-state index contributed by atoms with van der Waals surface area (Å²) < 4.78 is 16.4. The third-order valence-electron chi connectivity index (χ3n) is 5.21. The molecule has 0 bridgehead atoms. The molecule has 0 saturated heterocycles. The largest absolute Gasteiger partial charge is 0.479 e. The number of rotatable bonds is 5. The van der Waals surface area contributed by atoms with Gasteiger partial charge in [0.15, 0.2) is 12.4 Å². The fourth-order valence-corrected chi connectivity index (χ4v) is 5.43. The van der Waals surface area contributed by atoms with Gasteiger partial charge in [-0.3, -0.25) is 0 Å². The third-order valence-corrected chi connectivity index (χ3v) is 8.12. The molecular weight excluding hydrogens is 628 g/mol. The third kappa shape index (κ3) is 5.36. The lowest BCUT2D eigenvalue weighted by molar-refractivity contribution is -0.136. The Morgan fingerprint density at radius 2 is 1.54 bits per heavy atom. The molecule has 2 N–H and O–H groups in total. The smallest absolute Gasteiger partial charge is 0.349 e. The standard InChI is InChI=1S/C24H11Cl7N2O4/c25-12-2-1-3-13(26)17(12)16-10-5-4-9(6-14(10)37-24(33)11(16)7-32)36-15(34)8-35-23-21(30)19(28)18(27)20(29)22(23)31/h1-6,16H,8,33H2. The normalized spacial score (nSPS) is 14.5. The van der Waals surface area contributed by atoms with Gasteiger partial charge in [0.25, 0.3) is 0 Å². The van der Waals surface area contributed by atoms with E-state index in [-0.39, 0.29) is 53.8 Å². The summed E-state index contributed by atoms with van der Waals surface area (Å²) in [5, 5.41) is 9.99. The Kier molecular flexibility index (Phi) is 8.47. The molecule has 1 heterocycles. The second-order valence-corrected chi connectivity index (χ2v) is 10.1.